The molecule has 70 valence electrons. The van der Waals surface area contributed by atoms with E-state index >= 15 is 0 Å². The Hall–Kier alpha value is -1.09. The van der Waals surface area contributed by atoms with Crippen LogP contribution in [0.3, 0.4) is 0 Å². The van der Waals surface area contributed by atoms with Gasteiger partial charge in [-0.2, -0.15) is 0 Å². The van der Waals surface area contributed by atoms with E-state index in [1.807, 2.05) is 6.92 Å². The summed E-state index contributed by atoms with van der Waals surface area (Å²) in [5.74, 6) is -0.884. The van der Waals surface area contributed by atoms with E-state index in [4.69, 9.17) is 10.8 Å². The molecule has 0 aliphatic rings. The van der Waals surface area contributed by atoms with Gasteiger partial charge < -0.3 is 10.8 Å². The van der Waals surface area contributed by atoms with Crippen molar-refractivity contribution >= 4 is 5.97 Å². The van der Waals surface area contributed by atoms with Crippen molar-refractivity contribution in [1.29, 1.82) is 0 Å². The first-order valence-electron chi connectivity index (χ1n) is 3.65. The van der Waals surface area contributed by atoms with Gasteiger partial charge in [0.15, 0.2) is 0 Å². The molecular weight excluding hydrogens is 154 g/mol. The van der Waals surface area contributed by atoms with Crippen molar-refractivity contribution in [1.82, 2.24) is 0 Å². The van der Waals surface area contributed by atoms with E-state index in [-0.39, 0.29) is 6.42 Å². The highest BCUT2D eigenvalue weighted by molar-refractivity contribution is 5.68. The number of nitrogens with two attached hydrogens (primary N) is 1. The summed E-state index contributed by atoms with van der Waals surface area (Å²) in [5, 5.41) is 8.21. The van der Waals surface area contributed by atoms with Gasteiger partial charge in [-0.3, -0.25) is 4.79 Å². The fourth-order valence-electron chi connectivity index (χ4n) is 0.362. The molecule has 0 aromatic heterocycles. The van der Waals surface area contributed by atoms with Crippen LogP contribution in [0.1, 0.15) is 20.3 Å². The molecule has 12 heavy (non-hydrogen) atoms. The topological polar surface area (TPSA) is 63.3 Å². The Bertz CT molecular complexity index is 164. The first-order valence-corrected chi connectivity index (χ1v) is 3.65. The normalized spacial score (nSPS) is 10.6. The third-order valence-corrected chi connectivity index (χ3v) is 1.03. The second-order valence-corrected chi connectivity index (χ2v) is 2.46. The fourth-order valence-corrected chi connectivity index (χ4v) is 0.362. The molecule has 3 heteroatoms. The fraction of sp³-hybridized carbons (Fsp3) is 0.444. The van der Waals surface area contributed by atoms with Crippen molar-refractivity contribution in [2.45, 2.75) is 26.3 Å². The second-order valence-electron chi connectivity index (χ2n) is 2.46. The molecule has 0 heterocycles. The standard InChI is InChI=1S/C6H11NO2.C3H6/c1-4(2)5(7)3-6(8)9;1-3-2/h5H,1,3,7H2,2H3,(H,8,9);3H,1H2,2H3. The minimum Gasteiger partial charge on any atom is -0.481 e. The molecule has 0 aromatic rings. The van der Waals surface area contributed by atoms with E-state index in [1.165, 1.54) is 0 Å². The van der Waals surface area contributed by atoms with Crippen molar-refractivity contribution in [2.24, 2.45) is 5.73 Å². The highest BCUT2D eigenvalue weighted by atomic mass is 16.4. The van der Waals surface area contributed by atoms with Gasteiger partial charge in [-0.05, 0) is 13.8 Å². The number of allylic oxidation sites excluding steroid dienone is 1. The summed E-state index contributed by atoms with van der Waals surface area (Å²) in [6, 6.07) is -0.400. The zero-order chi connectivity index (χ0) is 10.1. The maximum Gasteiger partial charge on any atom is 0.305 e. The molecule has 0 bridgehead atoms. The summed E-state index contributed by atoms with van der Waals surface area (Å²) in [7, 11) is 0. The van der Waals surface area contributed by atoms with Crippen LogP contribution >= 0.6 is 0 Å². The molecule has 3 N–H and O–H groups in total. The van der Waals surface area contributed by atoms with Gasteiger partial charge in [0.1, 0.15) is 0 Å². The lowest BCUT2D eigenvalue weighted by atomic mass is 10.1. The summed E-state index contributed by atoms with van der Waals surface area (Å²) in [5.41, 5.74) is 6.04. The van der Waals surface area contributed by atoms with Gasteiger partial charge in [0.25, 0.3) is 0 Å². The molecule has 3 nitrogen and oxygen atoms in total. The van der Waals surface area contributed by atoms with Gasteiger partial charge in [0, 0.05) is 6.04 Å². The Kier molecular flexibility index (Phi) is 9.01. The van der Waals surface area contributed by atoms with Crippen molar-refractivity contribution in [3.8, 4) is 0 Å². The molecule has 0 rings (SSSR count). The zero-order valence-corrected chi connectivity index (χ0v) is 7.71. The van der Waals surface area contributed by atoms with Crippen LogP contribution in [-0.2, 0) is 4.79 Å². The van der Waals surface area contributed by atoms with E-state index < -0.39 is 12.0 Å². The molecule has 1 atom stereocenters. The van der Waals surface area contributed by atoms with Crippen LogP contribution in [0.15, 0.2) is 24.8 Å². The Morgan fingerprint density at radius 3 is 2.17 bits per heavy atom. The monoisotopic (exact) mass is 171 g/mol. The summed E-state index contributed by atoms with van der Waals surface area (Å²) in [6.07, 6.45) is 1.72. The largest absolute Gasteiger partial charge is 0.481 e. The third kappa shape index (κ3) is 11.7. The molecule has 0 saturated heterocycles. The number of hydrogen-bond acceptors (Lipinski definition) is 2. The molecule has 0 aliphatic heterocycles. The van der Waals surface area contributed by atoms with Gasteiger partial charge in [0.2, 0.25) is 0 Å². The average Bonchev–Trinajstić information content (AvgIpc) is 1.87. The second kappa shape index (κ2) is 8.01. The molecule has 0 aromatic carbocycles. The van der Waals surface area contributed by atoms with Gasteiger partial charge in [-0.25, -0.2) is 0 Å². The van der Waals surface area contributed by atoms with Crippen molar-refractivity contribution in [2.75, 3.05) is 0 Å². The van der Waals surface area contributed by atoms with Crippen LogP contribution in [0.2, 0.25) is 0 Å². The number of carboxylic acids is 1. The van der Waals surface area contributed by atoms with Gasteiger partial charge in [-0.1, -0.05) is 18.2 Å². The Balaban J connectivity index is 0. The molecule has 0 radical (unpaired) electrons. The molecule has 0 aliphatic carbocycles. The van der Waals surface area contributed by atoms with E-state index in [0.29, 0.717) is 5.57 Å². The van der Waals surface area contributed by atoms with Gasteiger partial charge in [0.05, 0.1) is 6.42 Å². The SMILES string of the molecule is C=C(C)C(N)CC(=O)O.C=CC. The Labute approximate surface area is 73.6 Å². The van der Waals surface area contributed by atoms with E-state index in [9.17, 15) is 4.79 Å². The highest BCUT2D eigenvalue weighted by Gasteiger charge is 2.06. The summed E-state index contributed by atoms with van der Waals surface area (Å²) in [4.78, 5) is 9.99. The third-order valence-electron chi connectivity index (χ3n) is 1.03. The molecule has 1 unspecified atom stereocenters. The first kappa shape index (κ1) is 13.5. The predicted molar refractivity (Wildman–Crippen MR) is 50.9 cm³/mol. The van der Waals surface area contributed by atoms with Crippen LogP contribution in [0.25, 0.3) is 0 Å². The van der Waals surface area contributed by atoms with Crippen LogP contribution in [0.4, 0.5) is 0 Å². The number of rotatable bonds is 3. The lowest BCUT2D eigenvalue weighted by Gasteiger charge is -2.05. The van der Waals surface area contributed by atoms with Crippen LogP contribution in [0.5, 0.6) is 0 Å². The number of carbonyl (C=O) groups is 1. The molecule has 0 spiro atoms. The van der Waals surface area contributed by atoms with Gasteiger partial charge in [-0.15, -0.1) is 6.58 Å². The molecule has 0 fully saturated rings. The number of carboxylic acid groups (broad SMARTS) is 1. The molecular formula is C9H17NO2. The summed E-state index contributed by atoms with van der Waals surface area (Å²) < 4.78 is 0. The molecule has 0 saturated carbocycles. The first-order chi connectivity index (χ1) is 5.45. The van der Waals surface area contributed by atoms with E-state index in [1.54, 1.807) is 13.0 Å². The number of hydrogen-bond donors (Lipinski definition) is 2. The highest BCUT2D eigenvalue weighted by Crippen LogP contribution is 1.98. The lowest BCUT2D eigenvalue weighted by molar-refractivity contribution is -0.137. The minimum atomic E-state index is -0.884. The van der Waals surface area contributed by atoms with Crippen molar-refractivity contribution in [3.63, 3.8) is 0 Å². The van der Waals surface area contributed by atoms with Crippen LogP contribution < -0.4 is 5.73 Å². The Morgan fingerprint density at radius 1 is 1.75 bits per heavy atom. The molecule has 0 amide bonds. The average molecular weight is 171 g/mol. The maximum atomic E-state index is 9.99. The summed E-state index contributed by atoms with van der Waals surface area (Å²) >= 11 is 0. The minimum absolute atomic E-state index is 0.0324. The quantitative estimate of drug-likeness (QED) is 0.633. The Morgan fingerprint density at radius 2 is 2.08 bits per heavy atom. The summed E-state index contributed by atoms with van der Waals surface area (Å²) in [6.45, 7) is 10.5. The lowest BCUT2D eigenvalue weighted by Crippen LogP contribution is -2.24. The van der Waals surface area contributed by atoms with E-state index in [0.717, 1.165) is 0 Å². The van der Waals surface area contributed by atoms with Crippen LogP contribution in [-0.4, -0.2) is 17.1 Å². The predicted octanol–water partition coefficient (Wildman–Crippen LogP) is 1.56. The van der Waals surface area contributed by atoms with Crippen molar-refractivity contribution < 1.29 is 9.90 Å². The zero-order valence-electron chi connectivity index (χ0n) is 7.71. The van der Waals surface area contributed by atoms with Gasteiger partial charge >= 0.3 is 5.97 Å². The van der Waals surface area contributed by atoms with Crippen LogP contribution in [0, 0.1) is 0 Å². The maximum absolute atomic E-state index is 9.99. The smallest absolute Gasteiger partial charge is 0.305 e. The van der Waals surface area contributed by atoms with E-state index in [2.05, 4.69) is 13.2 Å². The number of aliphatic carboxylic acids is 1. The van der Waals surface area contributed by atoms with Crippen molar-refractivity contribution in [3.05, 3.63) is 24.8 Å².